The summed E-state index contributed by atoms with van der Waals surface area (Å²) in [5, 5.41) is 17.8. The average molecular weight is 635 g/mol. The quantitative estimate of drug-likeness (QED) is 0.281. The van der Waals surface area contributed by atoms with Gasteiger partial charge in [0, 0.05) is 43.5 Å². The molecule has 1 fully saturated rings. The number of thiazole rings is 1. The van der Waals surface area contributed by atoms with E-state index in [4.69, 9.17) is 9.84 Å². The van der Waals surface area contributed by atoms with Gasteiger partial charge in [0.05, 0.1) is 34.8 Å². The summed E-state index contributed by atoms with van der Waals surface area (Å²) < 4.78 is 23.7. The van der Waals surface area contributed by atoms with E-state index in [1.54, 1.807) is 16.8 Å². The Labute approximate surface area is 268 Å². The number of para-hydroxylation sites is 2. The topological polar surface area (TPSA) is 105 Å². The number of halogens is 1. The molecule has 6 rings (SSSR count). The van der Waals surface area contributed by atoms with E-state index >= 15 is 4.39 Å². The molecule has 0 unspecified atom stereocenters. The Kier molecular flexibility index (Phi) is 9.30. The molecule has 0 atom stereocenters. The molecule has 0 radical (unpaired) electrons. The number of carbonyl (C=O) groups excluding carboxylic acids is 1. The van der Waals surface area contributed by atoms with Gasteiger partial charge in [0.25, 0.3) is 11.5 Å². The third-order valence-electron chi connectivity index (χ3n) is 7.66. The number of benzene rings is 3. The van der Waals surface area contributed by atoms with E-state index in [1.165, 1.54) is 18.2 Å². The number of hydrogen-bond donors (Lipinski definition) is 1. The zero-order chi connectivity index (χ0) is 32.0. The van der Waals surface area contributed by atoms with Crippen molar-refractivity contribution in [2.24, 2.45) is 0 Å². The lowest BCUT2D eigenvalue weighted by molar-refractivity contribution is -0.115. The maximum atomic E-state index is 15.2. The number of nitriles is 1. The van der Waals surface area contributed by atoms with E-state index in [-0.39, 0.29) is 20.5 Å². The zero-order valence-electron chi connectivity index (χ0n) is 25.1. The molecule has 9 nitrogen and oxygen atoms in total. The van der Waals surface area contributed by atoms with Gasteiger partial charge in [-0.15, -0.1) is 11.3 Å². The summed E-state index contributed by atoms with van der Waals surface area (Å²) in [4.78, 5) is 29.6. The summed E-state index contributed by atoms with van der Waals surface area (Å²) in [6, 6.07) is 25.3. The van der Waals surface area contributed by atoms with Gasteiger partial charge in [0.15, 0.2) is 5.57 Å². The van der Waals surface area contributed by atoms with Crippen molar-refractivity contribution in [2.45, 2.75) is 6.92 Å². The molecule has 3 aromatic carbocycles. The highest BCUT2D eigenvalue weighted by molar-refractivity contribution is 7.07. The van der Waals surface area contributed by atoms with Crippen molar-refractivity contribution in [3.63, 3.8) is 0 Å². The lowest BCUT2D eigenvalue weighted by Crippen LogP contribution is -2.42. The molecule has 1 saturated heterocycles. The van der Waals surface area contributed by atoms with Crippen molar-refractivity contribution >= 4 is 28.9 Å². The number of nitrogens with zero attached hydrogens (tertiary/aromatic N) is 5. The molecule has 0 saturated carbocycles. The largest absolute Gasteiger partial charge is 0.379 e. The summed E-state index contributed by atoms with van der Waals surface area (Å²) in [5.41, 5.74) is 3.18. The van der Waals surface area contributed by atoms with E-state index < -0.39 is 17.3 Å². The molecule has 0 spiro atoms. The maximum absolute atomic E-state index is 15.2. The number of morpholine rings is 1. The van der Waals surface area contributed by atoms with E-state index in [0.717, 1.165) is 45.8 Å². The number of aromatic nitrogens is 3. The van der Waals surface area contributed by atoms with Crippen molar-refractivity contribution in [1.29, 1.82) is 5.26 Å². The molecule has 5 aromatic rings. The second kappa shape index (κ2) is 13.9. The van der Waals surface area contributed by atoms with E-state index in [2.05, 4.69) is 10.2 Å². The van der Waals surface area contributed by atoms with Crippen LogP contribution in [0.5, 0.6) is 0 Å². The molecule has 2 aromatic heterocycles. The number of nitrogens with one attached hydrogen (secondary N) is 1. The van der Waals surface area contributed by atoms with Gasteiger partial charge in [0.1, 0.15) is 16.5 Å². The molecule has 3 heterocycles. The van der Waals surface area contributed by atoms with Gasteiger partial charge in [-0.05, 0) is 37.3 Å². The number of rotatable bonds is 8. The number of aryl methyl sites for hydroxylation is 1. The van der Waals surface area contributed by atoms with Crippen LogP contribution in [-0.4, -0.2) is 64.5 Å². The van der Waals surface area contributed by atoms with Gasteiger partial charge in [-0.1, -0.05) is 60.2 Å². The van der Waals surface area contributed by atoms with Crippen LogP contribution in [0.3, 0.4) is 0 Å². The molecule has 1 N–H and O–H groups in total. The summed E-state index contributed by atoms with van der Waals surface area (Å²) in [7, 11) is 0. The monoisotopic (exact) mass is 634 g/mol. The SMILES string of the molecule is Cc1ccc(-c2nn(-c3ccccc3)cc2/C=c2\s/c(=C(\C#N)C(=O)NCCN3CCOCC3)n(-c3ccccc3F)c2=O)cc1. The molecule has 0 aliphatic carbocycles. The molecule has 46 heavy (non-hydrogen) atoms. The molecule has 1 amide bonds. The smallest absolute Gasteiger partial charge is 0.273 e. The summed E-state index contributed by atoms with van der Waals surface area (Å²) >= 11 is 0.962. The van der Waals surface area contributed by atoms with E-state index in [1.807, 2.05) is 73.8 Å². The number of ether oxygens (including phenoxy) is 1. The van der Waals surface area contributed by atoms with Crippen molar-refractivity contribution in [1.82, 2.24) is 24.6 Å². The fraction of sp³-hybridized carbons (Fsp3) is 0.200. The Balaban J connectivity index is 1.50. The van der Waals surface area contributed by atoms with Crippen LogP contribution < -0.4 is 20.1 Å². The van der Waals surface area contributed by atoms with Crippen LogP contribution in [0, 0.1) is 24.1 Å². The Morgan fingerprint density at radius 1 is 1.07 bits per heavy atom. The minimum atomic E-state index is -0.655. The van der Waals surface area contributed by atoms with Crippen LogP contribution >= 0.6 is 11.3 Å². The van der Waals surface area contributed by atoms with Crippen molar-refractivity contribution in [2.75, 3.05) is 39.4 Å². The lowest BCUT2D eigenvalue weighted by atomic mass is 10.1. The first-order chi connectivity index (χ1) is 22.4. The van der Waals surface area contributed by atoms with Gasteiger partial charge in [-0.2, -0.15) is 10.4 Å². The maximum Gasteiger partial charge on any atom is 0.273 e. The van der Waals surface area contributed by atoms with Crippen LogP contribution in [-0.2, 0) is 9.53 Å². The minimum Gasteiger partial charge on any atom is -0.379 e. The number of amides is 1. The highest BCUT2D eigenvalue weighted by Crippen LogP contribution is 2.25. The predicted molar refractivity (Wildman–Crippen MR) is 176 cm³/mol. The fourth-order valence-electron chi connectivity index (χ4n) is 5.22. The Bertz CT molecular complexity index is 2090. The van der Waals surface area contributed by atoms with Crippen LogP contribution in [0.25, 0.3) is 34.3 Å². The first-order valence-corrected chi connectivity index (χ1v) is 15.7. The third-order valence-corrected chi connectivity index (χ3v) is 8.75. The molecule has 1 aliphatic rings. The Hall–Kier alpha value is -5.15. The Morgan fingerprint density at radius 3 is 2.50 bits per heavy atom. The molecular weight excluding hydrogens is 603 g/mol. The predicted octanol–water partition coefficient (Wildman–Crippen LogP) is 3.15. The molecule has 232 valence electrons. The number of carbonyl (C=O) groups is 1. The molecular formula is C35H31FN6O3S. The standard InChI is InChI=1S/C35H31FN6O3S/c1-24-11-13-25(14-12-24)32-26(23-41(39-32)27-7-3-2-4-8-27)21-31-34(44)42(30-10-6-5-9-29(30)36)35(46-31)28(22-37)33(43)38-15-16-40-17-19-45-20-18-40/h2-14,21,23H,15-20H2,1H3,(H,38,43)/b31-21-,35-28+. The second-order valence-corrected chi connectivity index (χ2v) is 11.8. The van der Waals surface area contributed by atoms with Crippen LogP contribution in [0.2, 0.25) is 0 Å². The normalized spacial score (nSPS) is 14.6. The molecule has 0 bridgehead atoms. The van der Waals surface area contributed by atoms with Crippen LogP contribution in [0.4, 0.5) is 4.39 Å². The van der Waals surface area contributed by atoms with Crippen molar-refractivity contribution in [3.05, 3.63) is 122 Å². The number of hydrogen-bond acceptors (Lipinski definition) is 7. The summed E-state index contributed by atoms with van der Waals surface area (Å²) in [6.07, 6.45) is 3.50. The van der Waals surface area contributed by atoms with Crippen LogP contribution in [0.15, 0.2) is 89.9 Å². The van der Waals surface area contributed by atoms with Crippen LogP contribution in [0.1, 0.15) is 11.1 Å². The average Bonchev–Trinajstić information content (AvgIpc) is 3.64. The summed E-state index contributed by atoms with van der Waals surface area (Å²) in [6.45, 7) is 5.66. The highest BCUT2D eigenvalue weighted by atomic mass is 32.1. The zero-order valence-corrected chi connectivity index (χ0v) is 26.0. The molecule has 11 heteroatoms. The van der Waals surface area contributed by atoms with E-state index in [0.29, 0.717) is 37.6 Å². The Morgan fingerprint density at radius 2 is 1.78 bits per heavy atom. The van der Waals surface area contributed by atoms with Gasteiger partial charge in [0.2, 0.25) is 0 Å². The van der Waals surface area contributed by atoms with E-state index in [9.17, 15) is 14.9 Å². The third kappa shape index (κ3) is 6.60. The first kappa shape index (κ1) is 30.9. The van der Waals surface area contributed by atoms with Gasteiger partial charge in [-0.25, -0.2) is 9.07 Å². The second-order valence-electron chi connectivity index (χ2n) is 10.8. The first-order valence-electron chi connectivity index (χ1n) is 14.9. The summed E-state index contributed by atoms with van der Waals surface area (Å²) in [5.74, 6) is -1.29. The molecule has 1 aliphatic heterocycles. The fourth-order valence-corrected chi connectivity index (χ4v) is 6.31. The highest BCUT2D eigenvalue weighted by Gasteiger charge is 2.20. The van der Waals surface area contributed by atoms with Gasteiger partial charge in [-0.3, -0.25) is 19.1 Å². The van der Waals surface area contributed by atoms with Crippen molar-refractivity contribution in [3.8, 4) is 28.7 Å². The minimum absolute atomic E-state index is 0.0417. The van der Waals surface area contributed by atoms with Crippen molar-refractivity contribution < 1.29 is 13.9 Å². The van der Waals surface area contributed by atoms with Gasteiger partial charge >= 0.3 is 0 Å². The lowest BCUT2D eigenvalue weighted by Gasteiger charge is -2.26. The van der Waals surface area contributed by atoms with Gasteiger partial charge < -0.3 is 10.1 Å².